The zero-order chi connectivity index (χ0) is 9.42. The minimum atomic E-state index is 0.144. The summed E-state index contributed by atoms with van der Waals surface area (Å²) >= 11 is 0. The fraction of sp³-hybridized carbons (Fsp3) is 0.455. The van der Waals surface area contributed by atoms with Gasteiger partial charge in [0.25, 0.3) is 0 Å². The minimum Gasteiger partial charge on any atom is -0.392 e. The van der Waals surface area contributed by atoms with Gasteiger partial charge in [-0.2, -0.15) is 0 Å². The molecule has 0 amide bonds. The Bertz CT molecular complexity index is 322. The maximum absolute atomic E-state index is 8.99. The SMILES string of the molecule is CC1Cc2cc(CO)ccc2N1C. The summed E-state index contributed by atoms with van der Waals surface area (Å²) in [6.07, 6.45) is 1.10. The van der Waals surface area contributed by atoms with Crippen molar-refractivity contribution in [2.24, 2.45) is 0 Å². The number of rotatable bonds is 1. The van der Waals surface area contributed by atoms with Crippen molar-refractivity contribution in [3.63, 3.8) is 0 Å². The summed E-state index contributed by atoms with van der Waals surface area (Å²) in [5, 5.41) is 8.99. The number of hydrogen-bond acceptors (Lipinski definition) is 2. The molecular formula is C11H15NO. The third kappa shape index (κ3) is 1.31. The molecule has 0 saturated carbocycles. The Balaban J connectivity index is 2.40. The third-order valence-corrected chi connectivity index (χ3v) is 2.88. The fourth-order valence-corrected chi connectivity index (χ4v) is 1.94. The Morgan fingerprint density at radius 2 is 2.31 bits per heavy atom. The molecule has 0 fully saturated rings. The molecule has 1 aliphatic rings. The quantitative estimate of drug-likeness (QED) is 0.703. The van der Waals surface area contributed by atoms with E-state index in [4.69, 9.17) is 5.11 Å². The lowest BCUT2D eigenvalue weighted by atomic mass is 10.1. The second kappa shape index (κ2) is 3.04. The van der Waals surface area contributed by atoms with Crippen LogP contribution in [0.25, 0.3) is 0 Å². The van der Waals surface area contributed by atoms with Crippen LogP contribution in [0.5, 0.6) is 0 Å². The second-order valence-corrected chi connectivity index (χ2v) is 3.79. The van der Waals surface area contributed by atoms with Gasteiger partial charge in [0, 0.05) is 18.8 Å². The van der Waals surface area contributed by atoms with Crippen LogP contribution >= 0.6 is 0 Å². The van der Waals surface area contributed by atoms with Crippen molar-refractivity contribution in [2.45, 2.75) is 26.0 Å². The first-order valence-corrected chi connectivity index (χ1v) is 4.68. The van der Waals surface area contributed by atoms with Crippen LogP contribution in [0.1, 0.15) is 18.1 Å². The molecule has 13 heavy (non-hydrogen) atoms. The highest BCUT2D eigenvalue weighted by Gasteiger charge is 2.22. The monoisotopic (exact) mass is 177 g/mol. The van der Waals surface area contributed by atoms with Gasteiger partial charge in [0.1, 0.15) is 0 Å². The lowest BCUT2D eigenvalue weighted by Gasteiger charge is -2.18. The summed E-state index contributed by atoms with van der Waals surface area (Å²) in [4.78, 5) is 2.29. The molecule has 2 nitrogen and oxygen atoms in total. The largest absolute Gasteiger partial charge is 0.392 e. The first-order chi connectivity index (χ1) is 6.22. The first kappa shape index (κ1) is 8.57. The Morgan fingerprint density at radius 1 is 1.54 bits per heavy atom. The second-order valence-electron chi connectivity index (χ2n) is 3.79. The van der Waals surface area contributed by atoms with Gasteiger partial charge in [0.2, 0.25) is 0 Å². The van der Waals surface area contributed by atoms with Gasteiger partial charge in [-0.15, -0.1) is 0 Å². The van der Waals surface area contributed by atoms with Gasteiger partial charge in [0.05, 0.1) is 6.61 Å². The summed E-state index contributed by atoms with van der Waals surface area (Å²) in [6, 6.07) is 6.79. The predicted octanol–water partition coefficient (Wildman–Crippen LogP) is 1.56. The molecule has 0 radical (unpaired) electrons. The molecule has 0 bridgehead atoms. The first-order valence-electron chi connectivity index (χ1n) is 4.68. The molecule has 1 aliphatic heterocycles. The molecular weight excluding hydrogens is 162 g/mol. The maximum Gasteiger partial charge on any atom is 0.0681 e. The number of nitrogens with zero attached hydrogens (tertiary/aromatic N) is 1. The van der Waals surface area contributed by atoms with E-state index in [1.807, 2.05) is 6.07 Å². The van der Waals surface area contributed by atoms with Crippen LogP contribution in [0.2, 0.25) is 0 Å². The lowest BCUT2D eigenvalue weighted by molar-refractivity contribution is 0.282. The summed E-state index contributed by atoms with van der Waals surface area (Å²) in [5.41, 5.74) is 3.69. The Hall–Kier alpha value is -1.02. The molecule has 1 unspecified atom stereocenters. The summed E-state index contributed by atoms with van der Waals surface area (Å²) in [6.45, 7) is 2.37. The molecule has 0 saturated heterocycles. The topological polar surface area (TPSA) is 23.5 Å². The van der Waals surface area contributed by atoms with Crippen LogP contribution in [-0.4, -0.2) is 18.2 Å². The fourth-order valence-electron chi connectivity index (χ4n) is 1.94. The van der Waals surface area contributed by atoms with E-state index in [9.17, 15) is 0 Å². The van der Waals surface area contributed by atoms with Crippen molar-refractivity contribution in [2.75, 3.05) is 11.9 Å². The van der Waals surface area contributed by atoms with E-state index in [1.54, 1.807) is 0 Å². The van der Waals surface area contributed by atoms with Gasteiger partial charge in [-0.05, 0) is 30.5 Å². The minimum absolute atomic E-state index is 0.144. The van der Waals surface area contributed by atoms with Gasteiger partial charge >= 0.3 is 0 Å². The van der Waals surface area contributed by atoms with E-state index in [2.05, 4.69) is 31.0 Å². The van der Waals surface area contributed by atoms with Crippen molar-refractivity contribution in [1.29, 1.82) is 0 Å². The zero-order valence-electron chi connectivity index (χ0n) is 8.12. The molecule has 0 aliphatic carbocycles. The van der Waals surface area contributed by atoms with Gasteiger partial charge in [0.15, 0.2) is 0 Å². The number of anilines is 1. The number of aliphatic hydroxyl groups excluding tert-OH is 1. The molecule has 0 spiro atoms. The molecule has 0 aromatic heterocycles. The van der Waals surface area contributed by atoms with Gasteiger partial charge in [-0.1, -0.05) is 12.1 Å². The number of aliphatic hydroxyl groups is 1. The standard InChI is InChI=1S/C11H15NO/c1-8-5-10-6-9(7-13)3-4-11(10)12(8)2/h3-4,6,8,13H,5,7H2,1-2H3. The Labute approximate surface area is 78.8 Å². The molecule has 1 N–H and O–H groups in total. The van der Waals surface area contributed by atoms with Crippen molar-refractivity contribution >= 4 is 5.69 Å². The van der Waals surface area contributed by atoms with Crippen molar-refractivity contribution < 1.29 is 5.11 Å². The smallest absolute Gasteiger partial charge is 0.0681 e. The molecule has 70 valence electrons. The molecule has 2 rings (SSSR count). The number of hydrogen-bond donors (Lipinski definition) is 1. The lowest BCUT2D eigenvalue weighted by Crippen LogP contribution is -2.23. The highest BCUT2D eigenvalue weighted by Crippen LogP contribution is 2.31. The average Bonchev–Trinajstić information content (AvgIpc) is 2.42. The normalized spacial score (nSPS) is 20.5. The van der Waals surface area contributed by atoms with E-state index in [0.717, 1.165) is 12.0 Å². The molecule has 1 aromatic rings. The van der Waals surface area contributed by atoms with Crippen LogP contribution in [0, 0.1) is 0 Å². The summed E-state index contributed by atoms with van der Waals surface area (Å²) in [7, 11) is 2.12. The van der Waals surface area contributed by atoms with Gasteiger partial charge in [-0.25, -0.2) is 0 Å². The van der Waals surface area contributed by atoms with Crippen LogP contribution in [0.3, 0.4) is 0 Å². The van der Waals surface area contributed by atoms with E-state index < -0.39 is 0 Å². The highest BCUT2D eigenvalue weighted by atomic mass is 16.3. The number of fused-ring (bicyclic) bond motifs is 1. The van der Waals surface area contributed by atoms with Crippen molar-refractivity contribution in [1.82, 2.24) is 0 Å². The van der Waals surface area contributed by atoms with Crippen molar-refractivity contribution in [3.05, 3.63) is 29.3 Å². The highest BCUT2D eigenvalue weighted by molar-refractivity contribution is 5.59. The van der Waals surface area contributed by atoms with E-state index >= 15 is 0 Å². The van der Waals surface area contributed by atoms with Gasteiger partial charge < -0.3 is 10.0 Å². The van der Waals surface area contributed by atoms with Crippen LogP contribution < -0.4 is 4.90 Å². The van der Waals surface area contributed by atoms with Crippen LogP contribution in [0.4, 0.5) is 5.69 Å². The van der Waals surface area contributed by atoms with Gasteiger partial charge in [-0.3, -0.25) is 0 Å². The maximum atomic E-state index is 8.99. The number of likely N-dealkylation sites (N-methyl/N-ethyl adjacent to an activating group) is 1. The molecule has 1 aromatic carbocycles. The van der Waals surface area contributed by atoms with E-state index in [0.29, 0.717) is 6.04 Å². The van der Waals surface area contributed by atoms with Crippen LogP contribution in [0.15, 0.2) is 18.2 Å². The zero-order valence-corrected chi connectivity index (χ0v) is 8.12. The van der Waals surface area contributed by atoms with E-state index in [1.165, 1.54) is 11.3 Å². The third-order valence-electron chi connectivity index (χ3n) is 2.88. The van der Waals surface area contributed by atoms with E-state index in [-0.39, 0.29) is 6.61 Å². The summed E-state index contributed by atoms with van der Waals surface area (Å²) < 4.78 is 0. The Morgan fingerprint density at radius 3 is 3.00 bits per heavy atom. The van der Waals surface area contributed by atoms with Crippen molar-refractivity contribution in [3.8, 4) is 0 Å². The average molecular weight is 177 g/mol. The Kier molecular flexibility index (Phi) is 2.00. The molecule has 2 heteroatoms. The summed E-state index contributed by atoms with van der Waals surface area (Å²) in [5.74, 6) is 0. The van der Waals surface area contributed by atoms with Crippen LogP contribution in [-0.2, 0) is 13.0 Å². The molecule has 1 heterocycles. The number of benzene rings is 1. The predicted molar refractivity (Wildman–Crippen MR) is 53.9 cm³/mol. The molecule has 1 atom stereocenters.